The summed E-state index contributed by atoms with van der Waals surface area (Å²) in [6.45, 7) is 1.19. The van der Waals surface area contributed by atoms with Crippen molar-refractivity contribution in [1.82, 2.24) is 4.57 Å². The van der Waals surface area contributed by atoms with Crippen molar-refractivity contribution in [3.63, 3.8) is 0 Å². The molecule has 3 heteroatoms. The number of nitrogens with zero attached hydrogens (tertiary/aromatic N) is 1. The average molecular weight is 265 g/mol. The molecule has 20 heavy (non-hydrogen) atoms. The first-order chi connectivity index (χ1) is 9.88. The van der Waals surface area contributed by atoms with Crippen LogP contribution >= 0.6 is 0 Å². The highest BCUT2D eigenvalue weighted by Crippen LogP contribution is 2.25. The molecule has 0 N–H and O–H groups in total. The smallest absolute Gasteiger partial charge is 0.166 e. The summed E-state index contributed by atoms with van der Waals surface area (Å²) in [5, 5.41) is 2.28. The SMILES string of the molecule is O=Cc1cccn1CCOc1cccc2ccccc12. The van der Waals surface area contributed by atoms with E-state index in [1.165, 1.54) is 5.39 Å². The molecule has 100 valence electrons. The number of rotatable bonds is 5. The number of hydrogen-bond donors (Lipinski definition) is 0. The third-order valence-electron chi connectivity index (χ3n) is 3.32. The minimum atomic E-state index is 0.531. The zero-order valence-corrected chi connectivity index (χ0v) is 11.0. The van der Waals surface area contributed by atoms with Gasteiger partial charge in [-0.15, -0.1) is 0 Å². The van der Waals surface area contributed by atoms with E-state index in [9.17, 15) is 4.79 Å². The Morgan fingerprint density at radius 3 is 2.75 bits per heavy atom. The van der Waals surface area contributed by atoms with Gasteiger partial charge in [-0.25, -0.2) is 0 Å². The molecular weight excluding hydrogens is 250 g/mol. The lowest BCUT2D eigenvalue weighted by molar-refractivity contribution is 0.111. The lowest BCUT2D eigenvalue weighted by Gasteiger charge is -2.10. The van der Waals surface area contributed by atoms with Gasteiger partial charge in [-0.05, 0) is 23.6 Å². The van der Waals surface area contributed by atoms with E-state index in [2.05, 4.69) is 18.2 Å². The number of aromatic nitrogens is 1. The largest absolute Gasteiger partial charge is 0.491 e. The van der Waals surface area contributed by atoms with Crippen LogP contribution in [0.1, 0.15) is 10.5 Å². The monoisotopic (exact) mass is 265 g/mol. The summed E-state index contributed by atoms with van der Waals surface area (Å²) in [7, 11) is 0. The molecule has 0 fully saturated rings. The maximum Gasteiger partial charge on any atom is 0.166 e. The molecule has 2 aromatic carbocycles. The van der Waals surface area contributed by atoms with Crippen molar-refractivity contribution in [2.45, 2.75) is 6.54 Å². The molecule has 3 rings (SSSR count). The molecular formula is C17H15NO2. The Balaban J connectivity index is 1.73. The molecule has 3 nitrogen and oxygen atoms in total. The molecule has 0 spiro atoms. The van der Waals surface area contributed by atoms with E-state index in [0.717, 1.165) is 17.4 Å². The second-order valence-corrected chi connectivity index (χ2v) is 4.57. The maximum atomic E-state index is 10.8. The Bertz CT molecular complexity index is 725. The number of benzene rings is 2. The second kappa shape index (κ2) is 5.61. The van der Waals surface area contributed by atoms with Crippen LogP contribution in [-0.4, -0.2) is 17.5 Å². The molecule has 0 amide bonds. The molecule has 0 saturated heterocycles. The fourth-order valence-corrected chi connectivity index (χ4v) is 2.31. The Labute approximate surface area is 117 Å². The molecule has 0 saturated carbocycles. The summed E-state index contributed by atoms with van der Waals surface area (Å²) in [6, 6.07) is 17.8. The lowest BCUT2D eigenvalue weighted by atomic mass is 10.1. The van der Waals surface area contributed by atoms with Gasteiger partial charge in [0.05, 0.1) is 12.2 Å². The Morgan fingerprint density at radius 2 is 1.85 bits per heavy atom. The predicted octanol–water partition coefficient (Wildman–Crippen LogP) is 3.53. The van der Waals surface area contributed by atoms with Crippen molar-refractivity contribution in [3.05, 3.63) is 66.5 Å². The van der Waals surface area contributed by atoms with E-state index in [1.807, 2.05) is 41.1 Å². The van der Waals surface area contributed by atoms with Crippen LogP contribution < -0.4 is 4.74 Å². The normalized spacial score (nSPS) is 10.6. The first-order valence-corrected chi connectivity index (χ1v) is 6.59. The summed E-state index contributed by atoms with van der Waals surface area (Å²) in [6.07, 6.45) is 2.74. The summed E-state index contributed by atoms with van der Waals surface area (Å²) in [4.78, 5) is 10.8. The van der Waals surface area contributed by atoms with Gasteiger partial charge in [0, 0.05) is 11.6 Å². The van der Waals surface area contributed by atoms with E-state index in [-0.39, 0.29) is 0 Å². The van der Waals surface area contributed by atoms with Gasteiger partial charge >= 0.3 is 0 Å². The van der Waals surface area contributed by atoms with E-state index < -0.39 is 0 Å². The van der Waals surface area contributed by atoms with Crippen LogP contribution in [0.4, 0.5) is 0 Å². The number of aldehydes is 1. The minimum Gasteiger partial charge on any atom is -0.491 e. The third kappa shape index (κ3) is 2.43. The summed E-state index contributed by atoms with van der Waals surface area (Å²) in [5.74, 6) is 0.878. The van der Waals surface area contributed by atoms with Gasteiger partial charge in [-0.3, -0.25) is 4.79 Å². The van der Waals surface area contributed by atoms with Crippen molar-refractivity contribution >= 4 is 17.1 Å². The highest BCUT2D eigenvalue weighted by atomic mass is 16.5. The number of carbonyl (C=O) groups excluding carboxylic acids is 1. The van der Waals surface area contributed by atoms with Crippen LogP contribution in [0.3, 0.4) is 0 Å². The van der Waals surface area contributed by atoms with E-state index in [4.69, 9.17) is 4.74 Å². The van der Waals surface area contributed by atoms with Crippen LogP contribution in [0.5, 0.6) is 5.75 Å². The van der Waals surface area contributed by atoms with Crippen LogP contribution in [0.15, 0.2) is 60.8 Å². The number of fused-ring (bicyclic) bond motifs is 1. The van der Waals surface area contributed by atoms with E-state index >= 15 is 0 Å². The fraction of sp³-hybridized carbons (Fsp3) is 0.118. The Hall–Kier alpha value is -2.55. The molecule has 0 aliphatic rings. The highest BCUT2D eigenvalue weighted by molar-refractivity contribution is 5.88. The summed E-state index contributed by atoms with van der Waals surface area (Å²) >= 11 is 0. The maximum absolute atomic E-state index is 10.8. The van der Waals surface area contributed by atoms with Gasteiger partial charge < -0.3 is 9.30 Å². The average Bonchev–Trinajstić information content (AvgIpc) is 2.95. The molecule has 1 heterocycles. The molecule has 0 aliphatic heterocycles. The van der Waals surface area contributed by atoms with Gasteiger partial charge in [-0.1, -0.05) is 36.4 Å². The van der Waals surface area contributed by atoms with E-state index in [1.54, 1.807) is 6.07 Å². The Morgan fingerprint density at radius 1 is 1.00 bits per heavy atom. The van der Waals surface area contributed by atoms with Gasteiger partial charge in [0.2, 0.25) is 0 Å². The van der Waals surface area contributed by atoms with Crippen molar-refractivity contribution in [2.24, 2.45) is 0 Å². The summed E-state index contributed by atoms with van der Waals surface area (Å²) < 4.78 is 7.74. The van der Waals surface area contributed by atoms with Gasteiger partial charge in [0.25, 0.3) is 0 Å². The van der Waals surface area contributed by atoms with Crippen molar-refractivity contribution < 1.29 is 9.53 Å². The molecule has 0 unspecified atom stereocenters. The lowest BCUT2D eigenvalue weighted by Crippen LogP contribution is -2.09. The quantitative estimate of drug-likeness (QED) is 0.661. The number of carbonyl (C=O) groups is 1. The fourth-order valence-electron chi connectivity index (χ4n) is 2.31. The van der Waals surface area contributed by atoms with Crippen molar-refractivity contribution in [1.29, 1.82) is 0 Å². The van der Waals surface area contributed by atoms with Crippen LogP contribution in [0, 0.1) is 0 Å². The van der Waals surface area contributed by atoms with Gasteiger partial charge in [0.15, 0.2) is 6.29 Å². The van der Waals surface area contributed by atoms with Crippen LogP contribution in [0.2, 0.25) is 0 Å². The zero-order chi connectivity index (χ0) is 13.8. The van der Waals surface area contributed by atoms with Crippen molar-refractivity contribution in [2.75, 3.05) is 6.61 Å². The van der Waals surface area contributed by atoms with Crippen molar-refractivity contribution in [3.8, 4) is 5.75 Å². The topological polar surface area (TPSA) is 31.2 Å². The van der Waals surface area contributed by atoms with Gasteiger partial charge in [0.1, 0.15) is 12.4 Å². The summed E-state index contributed by atoms with van der Waals surface area (Å²) in [5.41, 5.74) is 0.673. The molecule has 1 aromatic heterocycles. The molecule has 0 radical (unpaired) electrons. The number of ether oxygens (including phenoxy) is 1. The zero-order valence-electron chi connectivity index (χ0n) is 11.0. The van der Waals surface area contributed by atoms with Crippen LogP contribution in [-0.2, 0) is 6.54 Å². The number of hydrogen-bond acceptors (Lipinski definition) is 2. The molecule has 0 aliphatic carbocycles. The minimum absolute atomic E-state index is 0.531. The first-order valence-electron chi connectivity index (χ1n) is 6.59. The molecule has 0 bridgehead atoms. The third-order valence-corrected chi connectivity index (χ3v) is 3.32. The Kier molecular flexibility index (Phi) is 3.50. The van der Waals surface area contributed by atoms with Crippen LogP contribution in [0.25, 0.3) is 10.8 Å². The van der Waals surface area contributed by atoms with Gasteiger partial charge in [-0.2, -0.15) is 0 Å². The van der Waals surface area contributed by atoms with E-state index in [0.29, 0.717) is 18.8 Å². The highest BCUT2D eigenvalue weighted by Gasteiger charge is 2.02. The standard InChI is InChI=1S/C17H15NO2/c19-13-15-7-4-10-18(15)11-12-20-17-9-3-6-14-5-1-2-8-16(14)17/h1-10,13H,11-12H2. The predicted molar refractivity (Wildman–Crippen MR) is 79.3 cm³/mol. The first kappa shape index (κ1) is 12.5. The molecule has 0 atom stereocenters. The second-order valence-electron chi connectivity index (χ2n) is 4.57. The molecule has 3 aromatic rings.